The highest BCUT2D eigenvalue weighted by molar-refractivity contribution is 9.10. The summed E-state index contributed by atoms with van der Waals surface area (Å²) in [5.74, 6) is 1.50. The van der Waals surface area contributed by atoms with Crippen molar-refractivity contribution in [2.24, 2.45) is 0 Å². The third kappa shape index (κ3) is 3.34. The first-order valence-electron chi connectivity index (χ1n) is 5.02. The highest BCUT2D eigenvalue weighted by atomic mass is 79.9. The Morgan fingerprint density at radius 3 is 2.22 bits per heavy atom. The van der Waals surface area contributed by atoms with Crippen molar-refractivity contribution in [1.82, 2.24) is 0 Å². The molecule has 0 spiro atoms. The Balaban J connectivity index is 2.29. The van der Waals surface area contributed by atoms with E-state index >= 15 is 0 Å². The molecule has 2 rings (SSSR count). The van der Waals surface area contributed by atoms with Gasteiger partial charge in [0.15, 0.2) is 11.5 Å². The van der Waals surface area contributed by atoms with E-state index in [1.165, 1.54) is 0 Å². The van der Waals surface area contributed by atoms with Crippen molar-refractivity contribution in [3.05, 3.63) is 51.4 Å². The van der Waals surface area contributed by atoms with Crippen molar-refractivity contribution >= 4 is 38.3 Å². The number of carbonyl (C=O) groups excluding carboxylic acids is 1. The van der Waals surface area contributed by atoms with Gasteiger partial charge in [-0.05, 0) is 42.5 Å². The molecule has 0 amide bonds. The van der Waals surface area contributed by atoms with Gasteiger partial charge in [0.1, 0.15) is 5.75 Å². The van der Waals surface area contributed by atoms with E-state index in [0.717, 1.165) is 8.95 Å². The summed E-state index contributed by atoms with van der Waals surface area (Å²) in [7, 11) is 0. The van der Waals surface area contributed by atoms with Crippen molar-refractivity contribution in [2.45, 2.75) is 0 Å². The van der Waals surface area contributed by atoms with Crippen LogP contribution in [0.15, 0.2) is 51.4 Å². The number of benzene rings is 2. The predicted octanol–water partition coefficient (Wildman–Crippen LogP) is 4.54. The molecule has 0 N–H and O–H groups in total. The van der Waals surface area contributed by atoms with Gasteiger partial charge >= 0.3 is 0 Å². The minimum Gasteiger partial charge on any atom is -0.453 e. The number of hydrogen-bond acceptors (Lipinski definition) is 3. The smallest absolute Gasteiger partial charge is 0.298 e. The van der Waals surface area contributed by atoms with Gasteiger partial charge in [-0.15, -0.1) is 0 Å². The van der Waals surface area contributed by atoms with E-state index in [9.17, 15) is 4.79 Å². The average molecular weight is 372 g/mol. The van der Waals surface area contributed by atoms with Crippen molar-refractivity contribution in [2.75, 3.05) is 0 Å². The Kier molecular flexibility index (Phi) is 4.38. The van der Waals surface area contributed by atoms with Crippen LogP contribution in [0.4, 0.5) is 0 Å². The van der Waals surface area contributed by atoms with Gasteiger partial charge in [0.25, 0.3) is 6.47 Å². The number of halogens is 2. The van der Waals surface area contributed by atoms with E-state index in [4.69, 9.17) is 9.47 Å². The van der Waals surface area contributed by atoms with Gasteiger partial charge in [0.2, 0.25) is 0 Å². The van der Waals surface area contributed by atoms with Crippen LogP contribution in [0.25, 0.3) is 0 Å². The largest absolute Gasteiger partial charge is 0.453 e. The number of carbonyl (C=O) groups is 1. The Morgan fingerprint density at radius 1 is 0.889 bits per heavy atom. The second kappa shape index (κ2) is 6.02. The Hall–Kier alpha value is -1.33. The fourth-order valence-corrected chi connectivity index (χ4v) is 1.94. The lowest BCUT2D eigenvalue weighted by atomic mass is 10.3. The number of hydrogen-bond donors (Lipinski definition) is 0. The zero-order valence-corrected chi connectivity index (χ0v) is 12.3. The molecule has 5 heteroatoms. The van der Waals surface area contributed by atoms with Crippen molar-refractivity contribution in [1.29, 1.82) is 0 Å². The molecule has 0 atom stereocenters. The zero-order valence-electron chi connectivity index (χ0n) is 9.10. The van der Waals surface area contributed by atoms with Crippen molar-refractivity contribution < 1.29 is 14.3 Å². The molecule has 0 aliphatic heterocycles. The summed E-state index contributed by atoms with van der Waals surface area (Å²) < 4.78 is 12.3. The molecule has 0 aliphatic rings. The molecule has 2 aromatic carbocycles. The highest BCUT2D eigenvalue weighted by Gasteiger charge is 2.07. The second-order valence-corrected chi connectivity index (χ2v) is 5.19. The average Bonchev–Trinajstić information content (AvgIpc) is 2.36. The predicted molar refractivity (Wildman–Crippen MR) is 75.1 cm³/mol. The summed E-state index contributed by atoms with van der Waals surface area (Å²) in [6.07, 6.45) is 0. The molecule has 2 aromatic rings. The first kappa shape index (κ1) is 13.1. The summed E-state index contributed by atoms with van der Waals surface area (Å²) in [5, 5.41) is 0. The molecule has 0 saturated heterocycles. The molecule has 0 heterocycles. The van der Waals surface area contributed by atoms with E-state index in [-0.39, 0.29) is 0 Å². The van der Waals surface area contributed by atoms with Crippen LogP contribution in [0, 0.1) is 0 Å². The molecule has 0 aromatic heterocycles. The molecule has 0 aliphatic carbocycles. The Labute approximate surface area is 121 Å². The summed E-state index contributed by atoms with van der Waals surface area (Å²) in [4.78, 5) is 10.4. The number of rotatable bonds is 4. The van der Waals surface area contributed by atoms with Crippen LogP contribution in [0.5, 0.6) is 17.2 Å². The molecule has 0 bridgehead atoms. The van der Waals surface area contributed by atoms with Crippen LogP contribution in [0.3, 0.4) is 0 Å². The van der Waals surface area contributed by atoms with Crippen molar-refractivity contribution in [3.8, 4) is 17.2 Å². The van der Waals surface area contributed by atoms with E-state index in [1.54, 1.807) is 18.2 Å². The molecule has 0 unspecified atom stereocenters. The summed E-state index contributed by atoms with van der Waals surface area (Å²) in [6.45, 7) is 0.373. The quantitative estimate of drug-likeness (QED) is 0.740. The Morgan fingerprint density at radius 2 is 1.56 bits per heavy atom. The third-order valence-corrected chi connectivity index (χ3v) is 3.14. The monoisotopic (exact) mass is 370 g/mol. The Bertz CT molecular complexity index is 553. The van der Waals surface area contributed by atoms with E-state index in [1.807, 2.05) is 24.3 Å². The van der Waals surface area contributed by atoms with E-state index in [2.05, 4.69) is 31.9 Å². The molecule has 92 valence electrons. The van der Waals surface area contributed by atoms with Crippen LogP contribution in [0.2, 0.25) is 0 Å². The topological polar surface area (TPSA) is 35.5 Å². The highest BCUT2D eigenvalue weighted by Crippen LogP contribution is 2.34. The molecular weight excluding hydrogens is 364 g/mol. The number of ether oxygens (including phenoxy) is 2. The first-order valence-corrected chi connectivity index (χ1v) is 6.61. The van der Waals surface area contributed by atoms with Crippen molar-refractivity contribution in [3.63, 3.8) is 0 Å². The van der Waals surface area contributed by atoms with Crippen LogP contribution in [0.1, 0.15) is 0 Å². The molecule has 0 radical (unpaired) electrons. The second-order valence-electron chi connectivity index (χ2n) is 3.36. The van der Waals surface area contributed by atoms with Gasteiger partial charge in [-0.3, -0.25) is 4.79 Å². The van der Waals surface area contributed by atoms with Crippen LogP contribution in [-0.4, -0.2) is 6.47 Å². The lowest BCUT2D eigenvalue weighted by molar-refractivity contribution is -0.120. The zero-order chi connectivity index (χ0) is 13.0. The summed E-state index contributed by atoms with van der Waals surface area (Å²) in [5.41, 5.74) is 0. The molecule has 0 saturated carbocycles. The van der Waals surface area contributed by atoms with Gasteiger partial charge in [0, 0.05) is 8.95 Å². The first-order chi connectivity index (χ1) is 8.69. The molecule has 3 nitrogen and oxygen atoms in total. The van der Waals surface area contributed by atoms with E-state index in [0.29, 0.717) is 23.7 Å². The van der Waals surface area contributed by atoms with Gasteiger partial charge < -0.3 is 9.47 Å². The summed E-state index contributed by atoms with van der Waals surface area (Å²) in [6, 6.07) is 12.5. The van der Waals surface area contributed by atoms with Gasteiger partial charge in [-0.25, -0.2) is 0 Å². The maximum absolute atomic E-state index is 10.4. The standard InChI is InChI=1S/C13H8Br2O3/c14-9-1-4-11(5-2-9)18-13-7-10(15)3-6-12(13)17-8-16/h1-8H. The lowest BCUT2D eigenvalue weighted by Crippen LogP contribution is -1.93. The maximum atomic E-state index is 10.4. The normalized spacial score (nSPS) is 9.89. The van der Waals surface area contributed by atoms with Crippen LogP contribution >= 0.6 is 31.9 Å². The molecular formula is C13H8Br2O3. The third-order valence-electron chi connectivity index (χ3n) is 2.12. The lowest BCUT2D eigenvalue weighted by Gasteiger charge is -2.09. The maximum Gasteiger partial charge on any atom is 0.298 e. The fourth-order valence-electron chi connectivity index (χ4n) is 1.34. The minimum atomic E-state index is 0.371. The van der Waals surface area contributed by atoms with Gasteiger partial charge in [-0.1, -0.05) is 31.9 Å². The van der Waals surface area contributed by atoms with Gasteiger partial charge in [-0.2, -0.15) is 0 Å². The summed E-state index contributed by atoms with van der Waals surface area (Å²) >= 11 is 6.69. The SMILES string of the molecule is O=COc1ccc(Br)cc1Oc1ccc(Br)cc1. The van der Waals surface area contributed by atoms with Crippen LogP contribution < -0.4 is 9.47 Å². The van der Waals surface area contributed by atoms with Gasteiger partial charge in [0.05, 0.1) is 0 Å². The minimum absolute atomic E-state index is 0.371. The molecule has 18 heavy (non-hydrogen) atoms. The van der Waals surface area contributed by atoms with Crippen LogP contribution in [-0.2, 0) is 4.79 Å². The molecule has 0 fully saturated rings. The fraction of sp³-hybridized carbons (Fsp3) is 0. The van der Waals surface area contributed by atoms with E-state index < -0.39 is 0 Å².